The molecule has 3 N–H and O–H groups in total. The van der Waals surface area contributed by atoms with Crippen molar-refractivity contribution < 1.29 is 4.79 Å². The number of amides is 1. The monoisotopic (exact) mass is 212 g/mol. The summed E-state index contributed by atoms with van der Waals surface area (Å²) in [5.41, 5.74) is 5.19. The molecule has 1 fully saturated rings. The minimum absolute atomic E-state index is 0.186. The number of carbonyl (C=O) groups is 1. The normalized spacial score (nSPS) is 28.7. The van der Waals surface area contributed by atoms with Gasteiger partial charge in [-0.15, -0.1) is 0 Å². The topological polar surface area (TPSA) is 55.1 Å². The minimum Gasteiger partial charge on any atom is -0.368 e. The highest BCUT2D eigenvalue weighted by Gasteiger charge is 2.20. The molecule has 0 aromatic rings. The molecular formula is C12H24N2O. The molecule has 0 spiro atoms. The molecule has 0 aromatic heterocycles. The lowest BCUT2D eigenvalue weighted by Gasteiger charge is -2.28. The average molecular weight is 212 g/mol. The third kappa shape index (κ3) is 4.20. The maximum atomic E-state index is 10.8. The van der Waals surface area contributed by atoms with Crippen LogP contribution in [0.4, 0.5) is 0 Å². The predicted octanol–water partition coefficient (Wildman–Crippen LogP) is 1.67. The SMILES string of the molecule is CCC1CCC(CNC(C)C(N)=O)CC1. The van der Waals surface area contributed by atoms with Crippen molar-refractivity contribution in [3.8, 4) is 0 Å². The van der Waals surface area contributed by atoms with Gasteiger partial charge in [-0.3, -0.25) is 4.79 Å². The van der Waals surface area contributed by atoms with Gasteiger partial charge in [0.25, 0.3) is 0 Å². The van der Waals surface area contributed by atoms with E-state index in [2.05, 4.69) is 12.2 Å². The molecule has 1 atom stereocenters. The fraction of sp³-hybridized carbons (Fsp3) is 0.917. The molecule has 1 saturated carbocycles. The van der Waals surface area contributed by atoms with Gasteiger partial charge in [0.2, 0.25) is 5.91 Å². The van der Waals surface area contributed by atoms with E-state index in [0.29, 0.717) is 0 Å². The highest BCUT2D eigenvalue weighted by atomic mass is 16.1. The molecule has 0 radical (unpaired) electrons. The molecule has 88 valence electrons. The van der Waals surface area contributed by atoms with E-state index in [4.69, 9.17) is 5.73 Å². The van der Waals surface area contributed by atoms with Crippen LogP contribution in [0.1, 0.15) is 46.0 Å². The van der Waals surface area contributed by atoms with Crippen LogP contribution in [0.2, 0.25) is 0 Å². The maximum Gasteiger partial charge on any atom is 0.234 e. The molecule has 0 saturated heterocycles. The van der Waals surface area contributed by atoms with Gasteiger partial charge in [0.15, 0.2) is 0 Å². The van der Waals surface area contributed by atoms with Gasteiger partial charge in [-0.1, -0.05) is 26.2 Å². The lowest BCUT2D eigenvalue weighted by atomic mass is 9.81. The number of nitrogens with one attached hydrogen (secondary N) is 1. The van der Waals surface area contributed by atoms with Gasteiger partial charge in [0.1, 0.15) is 0 Å². The largest absolute Gasteiger partial charge is 0.368 e. The Bertz CT molecular complexity index is 198. The van der Waals surface area contributed by atoms with Crippen LogP contribution in [-0.4, -0.2) is 18.5 Å². The Hall–Kier alpha value is -0.570. The first-order valence-electron chi connectivity index (χ1n) is 6.16. The van der Waals surface area contributed by atoms with Crippen molar-refractivity contribution in [2.75, 3.05) is 6.54 Å². The molecule has 1 rings (SSSR count). The number of hydrogen-bond acceptors (Lipinski definition) is 2. The highest BCUT2D eigenvalue weighted by molar-refractivity contribution is 5.79. The van der Waals surface area contributed by atoms with Crippen molar-refractivity contribution in [2.45, 2.75) is 52.0 Å². The number of rotatable bonds is 5. The summed E-state index contributed by atoms with van der Waals surface area (Å²) in [6.07, 6.45) is 6.63. The van der Waals surface area contributed by atoms with E-state index in [1.54, 1.807) is 0 Å². The Labute approximate surface area is 92.8 Å². The van der Waals surface area contributed by atoms with E-state index >= 15 is 0 Å². The van der Waals surface area contributed by atoms with Gasteiger partial charge in [0.05, 0.1) is 6.04 Å². The Morgan fingerprint density at radius 3 is 2.33 bits per heavy atom. The van der Waals surface area contributed by atoms with E-state index < -0.39 is 0 Å². The quantitative estimate of drug-likeness (QED) is 0.728. The number of primary amides is 1. The van der Waals surface area contributed by atoms with E-state index in [1.807, 2.05) is 6.92 Å². The van der Waals surface area contributed by atoms with E-state index in [0.717, 1.165) is 18.4 Å². The first-order valence-corrected chi connectivity index (χ1v) is 6.16. The zero-order chi connectivity index (χ0) is 11.3. The Morgan fingerprint density at radius 2 is 1.87 bits per heavy atom. The number of nitrogens with two attached hydrogens (primary N) is 1. The van der Waals surface area contributed by atoms with Crippen molar-refractivity contribution >= 4 is 5.91 Å². The number of hydrogen-bond donors (Lipinski definition) is 2. The Balaban J connectivity index is 2.16. The summed E-state index contributed by atoms with van der Waals surface area (Å²) < 4.78 is 0. The van der Waals surface area contributed by atoms with Gasteiger partial charge in [0, 0.05) is 0 Å². The summed E-state index contributed by atoms with van der Waals surface area (Å²) in [4.78, 5) is 10.8. The molecule has 3 heteroatoms. The van der Waals surface area contributed by atoms with Crippen molar-refractivity contribution in [1.29, 1.82) is 0 Å². The molecule has 0 heterocycles. The van der Waals surface area contributed by atoms with Crippen LogP contribution in [0.15, 0.2) is 0 Å². The Kier molecular flexibility index (Phi) is 5.09. The third-order valence-corrected chi connectivity index (χ3v) is 3.68. The fourth-order valence-corrected chi connectivity index (χ4v) is 2.29. The molecule has 15 heavy (non-hydrogen) atoms. The lowest BCUT2D eigenvalue weighted by Crippen LogP contribution is -2.41. The summed E-state index contributed by atoms with van der Waals surface area (Å²) in [5, 5.41) is 3.21. The summed E-state index contributed by atoms with van der Waals surface area (Å²) in [6.45, 7) is 5.05. The second-order valence-electron chi connectivity index (χ2n) is 4.83. The second kappa shape index (κ2) is 6.11. The molecule has 1 aliphatic carbocycles. The maximum absolute atomic E-state index is 10.8. The molecule has 0 aromatic carbocycles. The van der Waals surface area contributed by atoms with Crippen LogP contribution in [0.25, 0.3) is 0 Å². The molecule has 1 aliphatic rings. The van der Waals surface area contributed by atoms with E-state index in [1.165, 1.54) is 32.1 Å². The van der Waals surface area contributed by atoms with Gasteiger partial charge < -0.3 is 11.1 Å². The molecule has 1 amide bonds. The molecule has 3 nitrogen and oxygen atoms in total. The second-order valence-corrected chi connectivity index (χ2v) is 4.83. The minimum atomic E-state index is -0.253. The summed E-state index contributed by atoms with van der Waals surface area (Å²) in [7, 11) is 0. The summed E-state index contributed by atoms with van der Waals surface area (Å²) in [6, 6.07) is -0.186. The first kappa shape index (κ1) is 12.5. The van der Waals surface area contributed by atoms with E-state index in [-0.39, 0.29) is 11.9 Å². The zero-order valence-corrected chi connectivity index (χ0v) is 9.96. The zero-order valence-electron chi connectivity index (χ0n) is 9.96. The fourth-order valence-electron chi connectivity index (χ4n) is 2.29. The van der Waals surface area contributed by atoms with Crippen LogP contribution in [0.3, 0.4) is 0 Å². The van der Waals surface area contributed by atoms with Crippen molar-refractivity contribution in [1.82, 2.24) is 5.32 Å². The molecular weight excluding hydrogens is 188 g/mol. The van der Waals surface area contributed by atoms with Crippen LogP contribution < -0.4 is 11.1 Å². The van der Waals surface area contributed by atoms with Crippen LogP contribution >= 0.6 is 0 Å². The lowest BCUT2D eigenvalue weighted by molar-refractivity contribution is -0.119. The first-order chi connectivity index (χ1) is 7.13. The average Bonchev–Trinajstić information content (AvgIpc) is 2.26. The van der Waals surface area contributed by atoms with E-state index in [9.17, 15) is 4.79 Å². The predicted molar refractivity (Wildman–Crippen MR) is 62.4 cm³/mol. The highest BCUT2D eigenvalue weighted by Crippen LogP contribution is 2.30. The van der Waals surface area contributed by atoms with Gasteiger partial charge in [-0.05, 0) is 38.1 Å². The summed E-state index contributed by atoms with van der Waals surface area (Å²) >= 11 is 0. The van der Waals surface area contributed by atoms with Crippen LogP contribution in [0.5, 0.6) is 0 Å². The smallest absolute Gasteiger partial charge is 0.234 e. The van der Waals surface area contributed by atoms with Crippen LogP contribution in [0, 0.1) is 11.8 Å². The van der Waals surface area contributed by atoms with Gasteiger partial charge in [-0.25, -0.2) is 0 Å². The van der Waals surface area contributed by atoms with Gasteiger partial charge >= 0.3 is 0 Å². The standard InChI is InChI=1S/C12H24N2O/c1-3-10-4-6-11(7-5-10)8-14-9(2)12(13)15/h9-11,14H,3-8H2,1-2H3,(H2,13,15). The van der Waals surface area contributed by atoms with Crippen molar-refractivity contribution in [3.63, 3.8) is 0 Å². The third-order valence-electron chi connectivity index (χ3n) is 3.68. The van der Waals surface area contributed by atoms with Gasteiger partial charge in [-0.2, -0.15) is 0 Å². The van der Waals surface area contributed by atoms with Crippen molar-refractivity contribution in [2.24, 2.45) is 17.6 Å². The Morgan fingerprint density at radius 1 is 1.33 bits per heavy atom. The van der Waals surface area contributed by atoms with Crippen molar-refractivity contribution in [3.05, 3.63) is 0 Å². The molecule has 0 aliphatic heterocycles. The van der Waals surface area contributed by atoms with Crippen LogP contribution in [-0.2, 0) is 4.79 Å². The molecule has 0 bridgehead atoms. The molecule has 1 unspecified atom stereocenters. The number of carbonyl (C=O) groups excluding carboxylic acids is 1. The summed E-state index contributed by atoms with van der Waals surface area (Å²) in [5.74, 6) is 1.43.